The SMILES string of the molecule is C[C@H](O)[C@@H](O)[C@H](O)[C@H](OP(=O)(O)O)[C@@H](O)[C@@H](O)[C@H](O)CO. The number of rotatable bonds is 9. The highest BCUT2D eigenvalue weighted by Gasteiger charge is 2.43. The van der Waals surface area contributed by atoms with Crippen molar-refractivity contribution in [1.82, 2.24) is 0 Å². The number of aliphatic hydroxyl groups excluding tert-OH is 7. The fourth-order valence-corrected chi connectivity index (χ4v) is 2.06. The van der Waals surface area contributed by atoms with E-state index in [4.69, 9.17) is 20.0 Å². The monoisotopic (exact) mass is 336 g/mol. The van der Waals surface area contributed by atoms with E-state index >= 15 is 0 Å². The smallest absolute Gasteiger partial charge is 0.394 e. The van der Waals surface area contributed by atoms with Crippen LogP contribution in [0.15, 0.2) is 0 Å². The minimum atomic E-state index is -5.25. The lowest BCUT2D eigenvalue weighted by atomic mass is 9.95. The van der Waals surface area contributed by atoms with Crippen molar-refractivity contribution in [2.24, 2.45) is 0 Å². The van der Waals surface area contributed by atoms with Crippen molar-refractivity contribution in [2.45, 2.75) is 49.7 Å². The van der Waals surface area contributed by atoms with Crippen LogP contribution in [-0.4, -0.2) is 94.9 Å². The highest BCUT2D eigenvalue weighted by molar-refractivity contribution is 7.46. The summed E-state index contributed by atoms with van der Waals surface area (Å²) in [6, 6.07) is 0. The highest BCUT2D eigenvalue weighted by atomic mass is 31.2. The first kappa shape index (κ1) is 20.8. The van der Waals surface area contributed by atoms with Gasteiger partial charge in [0.25, 0.3) is 0 Å². The second kappa shape index (κ2) is 8.46. The molecule has 0 radical (unpaired) electrons. The molecule has 0 aliphatic carbocycles. The summed E-state index contributed by atoms with van der Waals surface area (Å²) in [4.78, 5) is 17.4. The third kappa shape index (κ3) is 6.63. The Morgan fingerprint density at radius 1 is 0.905 bits per heavy atom. The summed E-state index contributed by atoms with van der Waals surface area (Å²) in [6.45, 7) is 0.0592. The van der Waals surface area contributed by atoms with Gasteiger partial charge < -0.3 is 45.5 Å². The summed E-state index contributed by atoms with van der Waals surface area (Å²) in [7, 11) is -5.25. The molecule has 7 atom stereocenters. The first-order chi connectivity index (χ1) is 9.42. The van der Waals surface area contributed by atoms with Gasteiger partial charge in [-0.2, -0.15) is 0 Å². The summed E-state index contributed by atoms with van der Waals surface area (Å²) in [6.07, 6.45) is -14.3. The molecule has 11 nitrogen and oxygen atoms in total. The van der Waals surface area contributed by atoms with Gasteiger partial charge in [-0.3, -0.25) is 4.52 Å². The lowest BCUT2D eigenvalue weighted by Gasteiger charge is -2.34. The van der Waals surface area contributed by atoms with E-state index in [9.17, 15) is 30.1 Å². The number of phosphoric acid groups is 1. The average Bonchev–Trinajstić information content (AvgIpc) is 2.39. The van der Waals surface area contributed by atoms with Gasteiger partial charge in [0.1, 0.15) is 36.6 Å². The van der Waals surface area contributed by atoms with E-state index in [1.165, 1.54) is 0 Å². The second-order valence-electron chi connectivity index (χ2n) is 4.51. The number of aliphatic hydroxyl groups is 7. The Morgan fingerprint density at radius 3 is 1.67 bits per heavy atom. The summed E-state index contributed by atoms with van der Waals surface area (Å²) in [5.74, 6) is 0. The van der Waals surface area contributed by atoms with E-state index in [0.717, 1.165) is 6.92 Å². The zero-order valence-electron chi connectivity index (χ0n) is 11.0. The Bertz CT molecular complexity index is 345. The molecule has 0 aliphatic rings. The molecular formula is C9H21O11P. The molecule has 0 aliphatic heterocycles. The number of hydrogen-bond acceptors (Lipinski definition) is 9. The maximum Gasteiger partial charge on any atom is 0.470 e. The van der Waals surface area contributed by atoms with Crippen molar-refractivity contribution in [3.05, 3.63) is 0 Å². The predicted octanol–water partition coefficient (Wildman–Crippen LogP) is -4.36. The molecule has 0 spiro atoms. The molecule has 0 aromatic carbocycles. The number of phosphoric ester groups is 1. The van der Waals surface area contributed by atoms with E-state index < -0.39 is 57.2 Å². The Hall–Kier alpha value is -0.170. The van der Waals surface area contributed by atoms with Crippen LogP contribution >= 0.6 is 7.82 Å². The molecule has 0 unspecified atom stereocenters. The molecule has 9 N–H and O–H groups in total. The Kier molecular flexibility index (Phi) is 8.39. The van der Waals surface area contributed by atoms with Crippen LogP contribution in [-0.2, 0) is 9.09 Å². The zero-order valence-corrected chi connectivity index (χ0v) is 11.9. The average molecular weight is 336 g/mol. The van der Waals surface area contributed by atoms with Gasteiger partial charge in [0.05, 0.1) is 12.7 Å². The van der Waals surface area contributed by atoms with Crippen LogP contribution in [0.5, 0.6) is 0 Å². The highest BCUT2D eigenvalue weighted by Crippen LogP contribution is 2.40. The van der Waals surface area contributed by atoms with Crippen molar-refractivity contribution < 1.29 is 54.6 Å². The molecule has 12 heteroatoms. The van der Waals surface area contributed by atoms with Crippen molar-refractivity contribution in [2.75, 3.05) is 6.61 Å². The molecule has 21 heavy (non-hydrogen) atoms. The van der Waals surface area contributed by atoms with Gasteiger partial charge in [0, 0.05) is 0 Å². The van der Waals surface area contributed by atoms with E-state index in [-0.39, 0.29) is 0 Å². The Morgan fingerprint density at radius 2 is 1.33 bits per heavy atom. The minimum absolute atomic E-state index is 0.990. The lowest BCUT2D eigenvalue weighted by molar-refractivity contribution is -0.164. The van der Waals surface area contributed by atoms with E-state index in [1.807, 2.05) is 0 Å². The summed E-state index contributed by atoms with van der Waals surface area (Å²) >= 11 is 0. The van der Waals surface area contributed by atoms with Gasteiger partial charge in [-0.05, 0) is 6.92 Å². The Labute approximate surface area is 119 Å². The minimum Gasteiger partial charge on any atom is -0.394 e. The third-order valence-corrected chi connectivity index (χ3v) is 3.23. The van der Waals surface area contributed by atoms with Crippen LogP contribution < -0.4 is 0 Å². The van der Waals surface area contributed by atoms with Crippen LogP contribution in [0.2, 0.25) is 0 Å². The molecule has 0 rings (SSSR count). The summed E-state index contributed by atoms with van der Waals surface area (Å²) in [5.41, 5.74) is 0. The molecule has 0 bridgehead atoms. The van der Waals surface area contributed by atoms with E-state index in [1.54, 1.807) is 0 Å². The van der Waals surface area contributed by atoms with Gasteiger partial charge in [-0.15, -0.1) is 0 Å². The fourth-order valence-electron chi connectivity index (χ4n) is 1.49. The van der Waals surface area contributed by atoms with Gasteiger partial charge in [-0.25, -0.2) is 4.57 Å². The van der Waals surface area contributed by atoms with Crippen LogP contribution in [0.1, 0.15) is 6.92 Å². The van der Waals surface area contributed by atoms with E-state index in [0.29, 0.717) is 0 Å². The van der Waals surface area contributed by atoms with Gasteiger partial charge in [0.2, 0.25) is 0 Å². The molecule has 0 fully saturated rings. The van der Waals surface area contributed by atoms with Crippen molar-refractivity contribution in [1.29, 1.82) is 0 Å². The van der Waals surface area contributed by atoms with Crippen LogP contribution in [0, 0.1) is 0 Å². The molecule has 0 aromatic rings. The molecule has 128 valence electrons. The molecule has 0 aromatic heterocycles. The molecule has 0 heterocycles. The van der Waals surface area contributed by atoms with Crippen molar-refractivity contribution in [3.8, 4) is 0 Å². The van der Waals surface area contributed by atoms with Crippen LogP contribution in [0.3, 0.4) is 0 Å². The third-order valence-electron chi connectivity index (χ3n) is 2.71. The molecule has 0 amide bonds. The normalized spacial score (nSPS) is 23.0. The molecular weight excluding hydrogens is 315 g/mol. The first-order valence-corrected chi connectivity index (χ1v) is 7.38. The van der Waals surface area contributed by atoms with Crippen molar-refractivity contribution in [3.63, 3.8) is 0 Å². The molecule has 0 saturated carbocycles. The maximum absolute atomic E-state index is 10.8. The molecule has 0 saturated heterocycles. The summed E-state index contributed by atoms with van der Waals surface area (Å²) < 4.78 is 14.9. The predicted molar refractivity (Wildman–Crippen MR) is 65.7 cm³/mol. The van der Waals surface area contributed by atoms with Crippen LogP contribution in [0.25, 0.3) is 0 Å². The lowest BCUT2D eigenvalue weighted by Crippen LogP contribution is -2.55. The second-order valence-corrected chi connectivity index (χ2v) is 5.71. The standard InChI is InChI=1S/C9H21O11P/c1-3(11)5(13)7(15)9(20-21(17,18)19)8(16)6(14)4(12)2-10/h3-16H,2H2,1H3,(H2,17,18,19)/t3-,4+,5+,6-,7-,8-,9-/m0/s1. The number of hydrogen-bond donors (Lipinski definition) is 9. The van der Waals surface area contributed by atoms with Crippen molar-refractivity contribution >= 4 is 7.82 Å². The maximum atomic E-state index is 10.8. The van der Waals surface area contributed by atoms with Gasteiger partial charge in [0.15, 0.2) is 0 Å². The van der Waals surface area contributed by atoms with E-state index in [2.05, 4.69) is 4.52 Å². The van der Waals surface area contributed by atoms with Gasteiger partial charge >= 0.3 is 7.82 Å². The summed E-state index contributed by atoms with van der Waals surface area (Å²) in [5, 5.41) is 65.2. The zero-order chi connectivity index (χ0) is 17.0. The largest absolute Gasteiger partial charge is 0.470 e. The topological polar surface area (TPSA) is 208 Å². The van der Waals surface area contributed by atoms with Gasteiger partial charge in [-0.1, -0.05) is 0 Å². The quantitative estimate of drug-likeness (QED) is 0.184. The fraction of sp³-hybridized carbons (Fsp3) is 1.00. The first-order valence-electron chi connectivity index (χ1n) is 5.85. The van der Waals surface area contributed by atoms with Crippen LogP contribution in [0.4, 0.5) is 0 Å². The Balaban J connectivity index is 5.27.